The number of nitrogens with two attached hydrogens (primary N) is 1. The van der Waals surface area contributed by atoms with Crippen molar-refractivity contribution in [1.82, 2.24) is 10.2 Å². The second-order valence-corrected chi connectivity index (χ2v) is 8.70. The number of hydrogen-bond acceptors (Lipinski definition) is 4. The Morgan fingerprint density at radius 3 is 3.04 bits per heavy atom. The Kier molecular flexibility index (Phi) is 6.12. The molecule has 25 heavy (non-hydrogen) atoms. The van der Waals surface area contributed by atoms with Crippen LogP contribution >= 0.6 is 11.3 Å². The maximum absolute atomic E-state index is 12.4. The van der Waals surface area contributed by atoms with Gasteiger partial charge in [0.25, 0.3) is 5.91 Å². The molecular weight excluding hydrogens is 334 g/mol. The van der Waals surface area contributed by atoms with Crippen LogP contribution in [0.1, 0.15) is 52.7 Å². The molecule has 6 heteroatoms. The molecule has 2 aliphatic rings. The number of primary amides is 1. The standard InChI is InChI=1S/C19H29N3O2S/c1-13-5-6-16-15(10-13)11-17(25-16)19(24)21-7-3-9-22-8-2-4-14(12-22)18(20)23/h11,13-14H,2-10,12H2,1H3,(H2,20,23)(H,21,24). The molecule has 0 saturated carbocycles. The number of rotatable bonds is 6. The number of nitrogens with one attached hydrogen (secondary N) is 1. The number of aryl methyl sites for hydroxylation is 1. The summed E-state index contributed by atoms with van der Waals surface area (Å²) < 4.78 is 0. The maximum atomic E-state index is 12.4. The number of nitrogens with zero attached hydrogens (tertiary/aromatic N) is 1. The Hall–Kier alpha value is -1.40. The average molecular weight is 364 g/mol. The van der Waals surface area contributed by atoms with E-state index in [4.69, 9.17) is 5.73 Å². The maximum Gasteiger partial charge on any atom is 0.261 e. The third-order valence-corrected chi connectivity index (χ3v) is 6.63. The quantitative estimate of drug-likeness (QED) is 0.761. The fraction of sp³-hybridized carbons (Fsp3) is 0.684. The molecule has 0 radical (unpaired) electrons. The van der Waals surface area contributed by atoms with E-state index in [9.17, 15) is 9.59 Å². The monoisotopic (exact) mass is 363 g/mol. The Morgan fingerprint density at radius 2 is 2.24 bits per heavy atom. The van der Waals surface area contributed by atoms with E-state index in [1.165, 1.54) is 16.9 Å². The van der Waals surface area contributed by atoms with E-state index in [0.717, 1.165) is 62.5 Å². The first kappa shape index (κ1) is 18.4. The summed E-state index contributed by atoms with van der Waals surface area (Å²) in [6, 6.07) is 2.09. The Bertz CT molecular complexity index is 628. The number of thiophene rings is 1. The molecule has 2 heterocycles. The van der Waals surface area contributed by atoms with Crippen molar-refractivity contribution in [3.8, 4) is 0 Å². The number of carbonyl (C=O) groups excluding carboxylic acids is 2. The van der Waals surface area contributed by atoms with Gasteiger partial charge in [-0.2, -0.15) is 0 Å². The van der Waals surface area contributed by atoms with Crippen LogP contribution in [0.3, 0.4) is 0 Å². The summed E-state index contributed by atoms with van der Waals surface area (Å²) >= 11 is 1.66. The first-order valence-corrected chi connectivity index (χ1v) is 10.3. The molecule has 1 aromatic rings. The molecule has 0 aromatic carbocycles. The number of likely N-dealkylation sites (tertiary alicyclic amines) is 1. The molecule has 1 fully saturated rings. The van der Waals surface area contributed by atoms with E-state index in [1.54, 1.807) is 11.3 Å². The molecule has 1 aliphatic carbocycles. The number of amides is 2. The highest BCUT2D eigenvalue weighted by Gasteiger charge is 2.23. The summed E-state index contributed by atoms with van der Waals surface area (Å²) in [4.78, 5) is 28.2. The van der Waals surface area contributed by atoms with Gasteiger partial charge in [0.1, 0.15) is 0 Å². The van der Waals surface area contributed by atoms with Gasteiger partial charge in [-0.05, 0) is 69.2 Å². The van der Waals surface area contributed by atoms with Crippen molar-refractivity contribution in [1.29, 1.82) is 0 Å². The van der Waals surface area contributed by atoms with Crippen LogP contribution in [0.25, 0.3) is 0 Å². The second-order valence-electron chi connectivity index (χ2n) is 7.56. The van der Waals surface area contributed by atoms with Crippen molar-refractivity contribution in [3.63, 3.8) is 0 Å². The van der Waals surface area contributed by atoms with Crippen LogP contribution in [0.5, 0.6) is 0 Å². The minimum atomic E-state index is -0.186. The van der Waals surface area contributed by atoms with Gasteiger partial charge in [0.05, 0.1) is 10.8 Å². The lowest BCUT2D eigenvalue weighted by atomic mass is 9.90. The van der Waals surface area contributed by atoms with Gasteiger partial charge in [-0.25, -0.2) is 0 Å². The summed E-state index contributed by atoms with van der Waals surface area (Å²) in [5, 5.41) is 3.05. The van der Waals surface area contributed by atoms with Crippen molar-refractivity contribution < 1.29 is 9.59 Å². The van der Waals surface area contributed by atoms with Crippen LogP contribution in [0.2, 0.25) is 0 Å². The van der Waals surface area contributed by atoms with Gasteiger partial charge in [0.15, 0.2) is 0 Å². The average Bonchev–Trinajstić information content (AvgIpc) is 3.02. The lowest BCUT2D eigenvalue weighted by Gasteiger charge is -2.31. The zero-order valence-corrected chi connectivity index (χ0v) is 15.9. The lowest BCUT2D eigenvalue weighted by Crippen LogP contribution is -2.42. The van der Waals surface area contributed by atoms with Crippen LogP contribution in [0.4, 0.5) is 0 Å². The number of carbonyl (C=O) groups is 2. The van der Waals surface area contributed by atoms with Crippen LogP contribution < -0.4 is 11.1 Å². The smallest absolute Gasteiger partial charge is 0.261 e. The lowest BCUT2D eigenvalue weighted by molar-refractivity contribution is -0.123. The van der Waals surface area contributed by atoms with Gasteiger partial charge >= 0.3 is 0 Å². The molecular formula is C19H29N3O2S. The molecule has 1 saturated heterocycles. The molecule has 1 aliphatic heterocycles. The van der Waals surface area contributed by atoms with E-state index in [2.05, 4.69) is 23.2 Å². The van der Waals surface area contributed by atoms with Crippen molar-refractivity contribution in [2.45, 2.75) is 45.4 Å². The van der Waals surface area contributed by atoms with Gasteiger partial charge in [0, 0.05) is 18.0 Å². The SMILES string of the molecule is CC1CCc2sc(C(=O)NCCCN3CCCC(C(N)=O)C3)cc2C1. The predicted octanol–water partition coefficient (Wildman–Crippen LogP) is 2.19. The van der Waals surface area contributed by atoms with E-state index in [1.807, 2.05) is 0 Å². The normalized spacial score (nSPS) is 23.9. The van der Waals surface area contributed by atoms with E-state index in [-0.39, 0.29) is 17.7 Å². The summed E-state index contributed by atoms with van der Waals surface area (Å²) in [6.45, 7) is 5.65. The van der Waals surface area contributed by atoms with E-state index in [0.29, 0.717) is 6.54 Å². The van der Waals surface area contributed by atoms with Gasteiger partial charge in [0.2, 0.25) is 5.91 Å². The molecule has 0 spiro atoms. The zero-order valence-electron chi connectivity index (χ0n) is 15.1. The van der Waals surface area contributed by atoms with E-state index < -0.39 is 0 Å². The molecule has 3 N–H and O–H groups in total. The summed E-state index contributed by atoms with van der Waals surface area (Å²) in [7, 11) is 0. The topological polar surface area (TPSA) is 75.4 Å². The highest BCUT2D eigenvalue weighted by atomic mass is 32.1. The van der Waals surface area contributed by atoms with Gasteiger partial charge in [-0.3, -0.25) is 9.59 Å². The largest absolute Gasteiger partial charge is 0.369 e. The molecule has 5 nitrogen and oxygen atoms in total. The fourth-order valence-electron chi connectivity index (χ4n) is 3.90. The third-order valence-electron chi connectivity index (χ3n) is 5.40. The van der Waals surface area contributed by atoms with Crippen LogP contribution in [0.15, 0.2) is 6.07 Å². The van der Waals surface area contributed by atoms with Crippen LogP contribution in [0, 0.1) is 11.8 Å². The van der Waals surface area contributed by atoms with Gasteiger partial charge in [-0.15, -0.1) is 11.3 Å². The summed E-state index contributed by atoms with van der Waals surface area (Å²) in [5.41, 5.74) is 6.79. The number of piperidine rings is 1. The molecule has 2 amide bonds. The predicted molar refractivity (Wildman–Crippen MR) is 101 cm³/mol. The van der Waals surface area contributed by atoms with Crippen LogP contribution in [-0.2, 0) is 17.6 Å². The fourth-order valence-corrected chi connectivity index (χ4v) is 5.03. The second kappa shape index (κ2) is 8.32. The molecule has 138 valence electrons. The number of hydrogen-bond donors (Lipinski definition) is 2. The van der Waals surface area contributed by atoms with Crippen LogP contribution in [-0.4, -0.2) is 42.9 Å². The van der Waals surface area contributed by atoms with Crippen molar-refractivity contribution in [2.75, 3.05) is 26.2 Å². The minimum absolute atomic E-state index is 0.0110. The third kappa shape index (κ3) is 4.82. The molecule has 1 aromatic heterocycles. The highest BCUT2D eigenvalue weighted by Crippen LogP contribution is 2.32. The summed E-state index contributed by atoms with van der Waals surface area (Å²) in [6.07, 6.45) is 6.29. The highest BCUT2D eigenvalue weighted by molar-refractivity contribution is 7.14. The van der Waals surface area contributed by atoms with Gasteiger partial charge < -0.3 is 16.0 Å². The van der Waals surface area contributed by atoms with Gasteiger partial charge in [-0.1, -0.05) is 6.92 Å². The Morgan fingerprint density at radius 1 is 1.40 bits per heavy atom. The van der Waals surface area contributed by atoms with E-state index >= 15 is 0 Å². The number of fused-ring (bicyclic) bond motifs is 1. The molecule has 3 rings (SSSR count). The first-order chi connectivity index (χ1) is 12.0. The Labute approximate surface area is 154 Å². The van der Waals surface area contributed by atoms with Crippen molar-refractivity contribution >= 4 is 23.2 Å². The first-order valence-electron chi connectivity index (χ1n) is 9.44. The minimum Gasteiger partial charge on any atom is -0.369 e. The molecule has 2 atom stereocenters. The molecule has 0 bridgehead atoms. The van der Waals surface area contributed by atoms with Crippen molar-refractivity contribution in [3.05, 3.63) is 21.4 Å². The zero-order chi connectivity index (χ0) is 17.8. The molecule has 2 unspecified atom stereocenters. The van der Waals surface area contributed by atoms with Crippen molar-refractivity contribution in [2.24, 2.45) is 17.6 Å². The summed E-state index contributed by atoms with van der Waals surface area (Å²) in [5.74, 6) is 0.588. The Balaban J connectivity index is 1.40.